The van der Waals surface area contributed by atoms with Crippen molar-refractivity contribution in [2.75, 3.05) is 18.4 Å². The second-order valence-electron chi connectivity index (χ2n) is 6.70. The van der Waals surface area contributed by atoms with E-state index in [9.17, 15) is 13.2 Å². The molecule has 1 fully saturated rings. The van der Waals surface area contributed by atoms with Crippen LogP contribution >= 0.6 is 0 Å². The van der Waals surface area contributed by atoms with E-state index in [-0.39, 0.29) is 10.8 Å². The normalized spacial score (nSPS) is 15.0. The number of anilines is 1. The van der Waals surface area contributed by atoms with Gasteiger partial charge in [-0.1, -0.05) is 25.1 Å². The second-order valence-corrected chi connectivity index (χ2v) is 8.38. The van der Waals surface area contributed by atoms with E-state index in [4.69, 9.17) is 4.74 Å². The number of sulfonamides is 1. The van der Waals surface area contributed by atoms with Crippen LogP contribution in [0.1, 0.15) is 31.7 Å². The number of hydrogen-bond donors (Lipinski definition) is 2. The fraction of sp³-hybridized carbons (Fsp3) is 0.350. The van der Waals surface area contributed by atoms with Gasteiger partial charge in [-0.3, -0.25) is 9.52 Å². The highest BCUT2D eigenvalue weighted by atomic mass is 32.2. The minimum absolute atomic E-state index is 0.0501. The van der Waals surface area contributed by atoms with Crippen molar-refractivity contribution in [3.05, 3.63) is 54.1 Å². The summed E-state index contributed by atoms with van der Waals surface area (Å²) in [4.78, 5) is 12.5. The first-order valence-corrected chi connectivity index (χ1v) is 10.5. The average Bonchev–Trinajstić information content (AvgIpc) is 3.48. The van der Waals surface area contributed by atoms with E-state index in [2.05, 4.69) is 10.0 Å². The smallest absolute Gasteiger partial charge is 0.262 e. The molecule has 2 N–H and O–H groups in total. The maximum absolute atomic E-state index is 12.6. The minimum Gasteiger partial charge on any atom is -0.497 e. The Balaban J connectivity index is 1.75. The van der Waals surface area contributed by atoms with Crippen LogP contribution in [0.15, 0.2) is 53.4 Å². The third kappa shape index (κ3) is 4.08. The molecule has 0 saturated heterocycles. The van der Waals surface area contributed by atoms with E-state index in [1.165, 1.54) is 19.2 Å². The van der Waals surface area contributed by atoms with E-state index < -0.39 is 15.4 Å². The molecule has 7 heteroatoms. The quantitative estimate of drug-likeness (QED) is 0.728. The minimum atomic E-state index is -3.72. The molecule has 1 aliphatic rings. The summed E-state index contributed by atoms with van der Waals surface area (Å²) >= 11 is 0. The number of carbonyl (C=O) groups excluding carboxylic acids is 1. The predicted molar refractivity (Wildman–Crippen MR) is 104 cm³/mol. The molecular formula is C20H24N2O4S. The van der Waals surface area contributed by atoms with Gasteiger partial charge in [0.05, 0.1) is 17.4 Å². The lowest BCUT2D eigenvalue weighted by Gasteiger charge is -2.16. The Labute approximate surface area is 160 Å². The molecule has 1 saturated carbocycles. The molecule has 1 aliphatic carbocycles. The lowest BCUT2D eigenvalue weighted by atomic mass is 9.95. The van der Waals surface area contributed by atoms with Crippen LogP contribution in [0.3, 0.4) is 0 Å². The van der Waals surface area contributed by atoms with Gasteiger partial charge >= 0.3 is 0 Å². The number of methoxy groups -OCH3 is 1. The molecule has 0 aromatic heterocycles. The lowest BCUT2D eigenvalue weighted by molar-refractivity contribution is -0.123. The van der Waals surface area contributed by atoms with Crippen LogP contribution in [0.4, 0.5) is 5.69 Å². The molecule has 0 bridgehead atoms. The van der Waals surface area contributed by atoms with E-state index >= 15 is 0 Å². The number of nitrogens with one attached hydrogen (secondary N) is 2. The van der Waals surface area contributed by atoms with Crippen molar-refractivity contribution in [1.29, 1.82) is 0 Å². The average molecular weight is 388 g/mol. The van der Waals surface area contributed by atoms with Crippen molar-refractivity contribution in [2.45, 2.75) is 36.5 Å². The van der Waals surface area contributed by atoms with Crippen molar-refractivity contribution in [2.24, 2.45) is 0 Å². The Hall–Kier alpha value is -2.54. The number of benzene rings is 2. The summed E-state index contributed by atoms with van der Waals surface area (Å²) in [5.41, 5.74) is 0.908. The summed E-state index contributed by atoms with van der Waals surface area (Å²) in [6.45, 7) is 2.68. The fourth-order valence-electron chi connectivity index (χ4n) is 3.02. The zero-order valence-corrected chi connectivity index (χ0v) is 16.3. The predicted octanol–water partition coefficient (Wildman–Crippen LogP) is 3.05. The Morgan fingerprint density at radius 1 is 1.15 bits per heavy atom. The molecule has 2 aromatic carbocycles. The van der Waals surface area contributed by atoms with Crippen LogP contribution in [-0.2, 0) is 20.2 Å². The Morgan fingerprint density at radius 2 is 1.85 bits per heavy atom. The van der Waals surface area contributed by atoms with Crippen LogP contribution in [0.5, 0.6) is 5.75 Å². The van der Waals surface area contributed by atoms with Gasteiger partial charge in [0.25, 0.3) is 10.0 Å². The van der Waals surface area contributed by atoms with Crippen molar-refractivity contribution in [3.63, 3.8) is 0 Å². The molecule has 1 amide bonds. The first-order chi connectivity index (χ1) is 12.9. The maximum Gasteiger partial charge on any atom is 0.262 e. The van der Waals surface area contributed by atoms with E-state index in [0.29, 0.717) is 18.0 Å². The molecule has 0 atom stereocenters. The Morgan fingerprint density at radius 3 is 2.44 bits per heavy atom. The zero-order valence-electron chi connectivity index (χ0n) is 15.5. The lowest BCUT2D eigenvalue weighted by Crippen LogP contribution is -2.35. The molecule has 3 rings (SSSR count). The highest BCUT2D eigenvalue weighted by Gasteiger charge is 2.50. The molecule has 0 radical (unpaired) electrons. The number of rotatable bonds is 8. The van der Waals surface area contributed by atoms with Crippen LogP contribution in [0.25, 0.3) is 0 Å². The van der Waals surface area contributed by atoms with Gasteiger partial charge in [0.15, 0.2) is 0 Å². The first kappa shape index (κ1) is 19.2. The highest BCUT2D eigenvalue weighted by Crippen LogP contribution is 2.48. The third-order valence-corrected chi connectivity index (χ3v) is 6.14. The summed E-state index contributed by atoms with van der Waals surface area (Å²) in [6, 6.07) is 13.3. The molecule has 0 heterocycles. The Bertz CT molecular complexity index is 919. The topological polar surface area (TPSA) is 84.5 Å². The van der Waals surface area contributed by atoms with Crippen molar-refractivity contribution in [3.8, 4) is 5.75 Å². The molecule has 0 spiro atoms. The van der Waals surface area contributed by atoms with Crippen LogP contribution in [0, 0.1) is 0 Å². The van der Waals surface area contributed by atoms with Gasteiger partial charge in [-0.05, 0) is 49.1 Å². The number of amides is 1. The van der Waals surface area contributed by atoms with Gasteiger partial charge < -0.3 is 10.1 Å². The molecule has 27 heavy (non-hydrogen) atoms. The molecule has 0 unspecified atom stereocenters. The Kier molecular flexibility index (Phi) is 5.41. The number of carbonyl (C=O) groups is 1. The van der Waals surface area contributed by atoms with Gasteiger partial charge in [0, 0.05) is 18.3 Å². The van der Waals surface area contributed by atoms with Gasteiger partial charge in [0.2, 0.25) is 5.91 Å². The molecule has 0 aliphatic heterocycles. The van der Waals surface area contributed by atoms with Gasteiger partial charge in [0.1, 0.15) is 5.75 Å². The number of ether oxygens (including phenoxy) is 1. The van der Waals surface area contributed by atoms with Crippen LogP contribution in [0.2, 0.25) is 0 Å². The molecule has 144 valence electrons. The largest absolute Gasteiger partial charge is 0.497 e. The van der Waals surface area contributed by atoms with Crippen LogP contribution < -0.4 is 14.8 Å². The van der Waals surface area contributed by atoms with E-state index in [1.54, 1.807) is 24.3 Å². The summed E-state index contributed by atoms with van der Waals surface area (Å²) in [6.07, 6.45) is 2.53. The SMILES string of the molecule is CCCNC(=O)C1(c2ccc(NS(=O)(=O)c3cccc(OC)c3)cc2)CC1. The molecule has 6 nitrogen and oxygen atoms in total. The maximum atomic E-state index is 12.6. The summed E-state index contributed by atoms with van der Waals surface area (Å²) < 4.78 is 32.8. The summed E-state index contributed by atoms with van der Waals surface area (Å²) in [5.74, 6) is 0.524. The van der Waals surface area contributed by atoms with Gasteiger partial charge in [-0.2, -0.15) is 0 Å². The van der Waals surface area contributed by atoms with E-state index in [0.717, 1.165) is 24.8 Å². The number of hydrogen-bond acceptors (Lipinski definition) is 4. The second kappa shape index (κ2) is 7.60. The fourth-order valence-corrected chi connectivity index (χ4v) is 4.11. The monoisotopic (exact) mass is 388 g/mol. The van der Waals surface area contributed by atoms with Crippen molar-refractivity contribution >= 4 is 21.6 Å². The third-order valence-electron chi connectivity index (χ3n) is 4.76. The zero-order chi connectivity index (χ0) is 19.5. The standard InChI is InChI=1S/C20H24N2O4S/c1-3-13-21-19(23)20(11-12-20)15-7-9-16(10-8-15)22-27(24,25)18-6-4-5-17(14-18)26-2/h4-10,14,22H,3,11-13H2,1-2H3,(H,21,23). The first-order valence-electron chi connectivity index (χ1n) is 8.97. The molecular weight excluding hydrogens is 364 g/mol. The highest BCUT2D eigenvalue weighted by molar-refractivity contribution is 7.92. The van der Waals surface area contributed by atoms with Gasteiger partial charge in [-0.25, -0.2) is 8.42 Å². The molecule has 2 aromatic rings. The van der Waals surface area contributed by atoms with Crippen LogP contribution in [-0.4, -0.2) is 28.0 Å². The van der Waals surface area contributed by atoms with E-state index in [1.807, 2.05) is 19.1 Å². The summed E-state index contributed by atoms with van der Waals surface area (Å²) in [5, 5.41) is 2.96. The van der Waals surface area contributed by atoms with Crippen molar-refractivity contribution in [1.82, 2.24) is 5.32 Å². The summed E-state index contributed by atoms with van der Waals surface area (Å²) in [7, 11) is -2.23. The van der Waals surface area contributed by atoms with Crippen molar-refractivity contribution < 1.29 is 17.9 Å². The van der Waals surface area contributed by atoms with Gasteiger partial charge in [-0.15, -0.1) is 0 Å².